The third-order valence-corrected chi connectivity index (χ3v) is 3.97. The quantitative estimate of drug-likeness (QED) is 0.690. The van der Waals surface area contributed by atoms with Crippen LogP contribution in [-0.2, 0) is 0 Å². The zero-order chi connectivity index (χ0) is 13.0. The van der Waals surface area contributed by atoms with E-state index < -0.39 is 0 Å². The molecule has 1 atom stereocenters. The fraction of sp³-hybridized carbons (Fsp3) is 0.231. The van der Waals surface area contributed by atoms with Crippen LogP contribution in [0.25, 0.3) is 0 Å². The number of hydrogen-bond donors (Lipinski definition) is 1. The summed E-state index contributed by atoms with van der Waals surface area (Å²) < 4.78 is 0. The Balaban J connectivity index is 2.23. The van der Waals surface area contributed by atoms with Crippen molar-refractivity contribution < 1.29 is 0 Å². The number of aromatic nitrogens is 2. The maximum absolute atomic E-state index is 6.19. The van der Waals surface area contributed by atoms with Gasteiger partial charge in [-0.1, -0.05) is 41.6 Å². The van der Waals surface area contributed by atoms with E-state index in [0.717, 1.165) is 21.4 Å². The molecule has 1 aromatic heterocycles. The van der Waals surface area contributed by atoms with Gasteiger partial charge in [0.05, 0.1) is 5.25 Å². The first-order valence-electron chi connectivity index (χ1n) is 5.61. The van der Waals surface area contributed by atoms with Crippen LogP contribution in [0, 0.1) is 6.92 Å². The Bertz CT molecular complexity index is 533. The second-order valence-corrected chi connectivity index (χ2v) is 5.42. The molecule has 0 radical (unpaired) electrons. The number of rotatable bonds is 4. The number of thioether (sulfide) groups is 1. The van der Waals surface area contributed by atoms with Gasteiger partial charge in [-0.05, 0) is 24.6 Å². The second kappa shape index (κ2) is 6.18. The highest BCUT2D eigenvalue weighted by atomic mass is 35.5. The lowest BCUT2D eigenvalue weighted by atomic mass is 10.1. The van der Waals surface area contributed by atoms with Crippen LogP contribution < -0.4 is 5.73 Å². The Labute approximate surface area is 116 Å². The summed E-state index contributed by atoms with van der Waals surface area (Å²) in [7, 11) is 0. The van der Waals surface area contributed by atoms with E-state index in [1.807, 2.05) is 37.3 Å². The number of benzene rings is 1. The number of nitrogens with two attached hydrogens (primary N) is 1. The van der Waals surface area contributed by atoms with Crippen LogP contribution in [0.4, 0.5) is 0 Å². The molecule has 5 heteroatoms. The van der Waals surface area contributed by atoms with E-state index in [1.54, 1.807) is 6.20 Å². The molecule has 1 heterocycles. The van der Waals surface area contributed by atoms with Crippen LogP contribution in [0.3, 0.4) is 0 Å². The zero-order valence-electron chi connectivity index (χ0n) is 10.0. The van der Waals surface area contributed by atoms with Gasteiger partial charge >= 0.3 is 0 Å². The minimum atomic E-state index is 0.0699. The van der Waals surface area contributed by atoms with Gasteiger partial charge in [-0.25, -0.2) is 9.97 Å². The van der Waals surface area contributed by atoms with E-state index in [1.165, 1.54) is 11.8 Å². The predicted octanol–water partition coefficient (Wildman–Crippen LogP) is 3.23. The summed E-state index contributed by atoms with van der Waals surface area (Å²) in [6.07, 6.45) is 1.75. The molecule has 2 aromatic rings. The summed E-state index contributed by atoms with van der Waals surface area (Å²) >= 11 is 7.72. The maximum Gasteiger partial charge on any atom is 0.188 e. The summed E-state index contributed by atoms with van der Waals surface area (Å²) in [6, 6.07) is 9.60. The van der Waals surface area contributed by atoms with Crippen molar-refractivity contribution in [2.45, 2.75) is 17.3 Å². The fourth-order valence-corrected chi connectivity index (χ4v) is 2.92. The first-order valence-corrected chi connectivity index (χ1v) is 6.87. The van der Waals surface area contributed by atoms with Crippen molar-refractivity contribution >= 4 is 23.4 Å². The van der Waals surface area contributed by atoms with Crippen LogP contribution in [-0.4, -0.2) is 16.5 Å². The molecule has 0 aliphatic rings. The first-order chi connectivity index (χ1) is 8.70. The van der Waals surface area contributed by atoms with Crippen LogP contribution in [0.1, 0.15) is 16.5 Å². The van der Waals surface area contributed by atoms with Gasteiger partial charge in [0.25, 0.3) is 0 Å². The molecule has 3 nitrogen and oxygen atoms in total. The maximum atomic E-state index is 6.19. The first kappa shape index (κ1) is 13.3. The van der Waals surface area contributed by atoms with Gasteiger partial charge in [-0.3, -0.25) is 0 Å². The van der Waals surface area contributed by atoms with Gasteiger partial charge in [0, 0.05) is 23.5 Å². The molecule has 0 fully saturated rings. The standard InChI is InChI=1S/C13H14ClN3S/c1-9-6-7-16-13(17-9)18-12(8-15)10-4-2-3-5-11(10)14/h2-7,12H,8,15H2,1H3. The molecule has 1 aromatic carbocycles. The largest absolute Gasteiger partial charge is 0.329 e. The molecule has 0 aliphatic carbocycles. The summed E-state index contributed by atoms with van der Waals surface area (Å²) in [6.45, 7) is 2.43. The highest BCUT2D eigenvalue weighted by molar-refractivity contribution is 7.99. The van der Waals surface area contributed by atoms with Crippen molar-refractivity contribution in [1.29, 1.82) is 0 Å². The van der Waals surface area contributed by atoms with E-state index in [-0.39, 0.29) is 5.25 Å². The van der Waals surface area contributed by atoms with E-state index in [0.29, 0.717) is 6.54 Å². The Morgan fingerprint density at radius 3 is 2.78 bits per heavy atom. The normalized spacial score (nSPS) is 12.4. The van der Waals surface area contributed by atoms with E-state index in [4.69, 9.17) is 17.3 Å². The Morgan fingerprint density at radius 1 is 1.33 bits per heavy atom. The predicted molar refractivity (Wildman–Crippen MR) is 75.9 cm³/mol. The second-order valence-electron chi connectivity index (χ2n) is 3.84. The molecular formula is C13H14ClN3S. The molecule has 18 heavy (non-hydrogen) atoms. The van der Waals surface area contributed by atoms with Crippen molar-refractivity contribution in [2.75, 3.05) is 6.54 Å². The molecule has 0 aliphatic heterocycles. The van der Waals surface area contributed by atoms with Crippen molar-refractivity contribution in [3.8, 4) is 0 Å². The van der Waals surface area contributed by atoms with Crippen LogP contribution in [0.5, 0.6) is 0 Å². The molecular weight excluding hydrogens is 266 g/mol. The third-order valence-electron chi connectivity index (χ3n) is 2.49. The fourth-order valence-electron chi connectivity index (χ4n) is 1.58. The number of hydrogen-bond acceptors (Lipinski definition) is 4. The zero-order valence-corrected chi connectivity index (χ0v) is 11.6. The number of nitrogens with zero attached hydrogens (tertiary/aromatic N) is 2. The van der Waals surface area contributed by atoms with Crippen LogP contribution in [0.2, 0.25) is 5.02 Å². The van der Waals surface area contributed by atoms with Gasteiger partial charge in [0.15, 0.2) is 5.16 Å². The number of aryl methyl sites for hydroxylation is 1. The van der Waals surface area contributed by atoms with Crippen LogP contribution >= 0.6 is 23.4 Å². The summed E-state index contributed by atoms with van der Waals surface area (Å²) in [5.74, 6) is 0. The monoisotopic (exact) mass is 279 g/mol. The van der Waals surface area contributed by atoms with Crippen molar-refractivity contribution in [2.24, 2.45) is 5.73 Å². The van der Waals surface area contributed by atoms with Gasteiger partial charge in [-0.15, -0.1) is 0 Å². The Morgan fingerprint density at radius 2 is 2.11 bits per heavy atom. The number of halogens is 1. The lowest BCUT2D eigenvalue weighted by molar-refractivity contribution is 0.895. The molecule has 94 valence electrons. The van der Waals surface area contributed by atoms with Crippen molar-refractivity contribution in [3.63, 3.8) is 0 Å². The SMILES string of the molecule is Cc1ccnc(SC(CN)c2ccccc2Cl)n1. The van der Waals surface area contributed by atoms with Crippen LogP contribution in [0.15, 0.2) is 41.7 Å². The third kappa shape index (κ3) is 3.22. The molecule has 0 amide bonds. The molecule has 2 rings (SSSR count). The van der Waals surface area contributed by atoms with Gasteiger partial charge < -0.3 is 5.73 Å². The average molecular weight is 280 g/mol. The molecule has 0 saturated heterocycles. The Hall–Kier alpha value is -1.10. The molecule has 0 saturated carbocycles. The minimum Gasteiger partial charge on any atom is -0.329 e. The lowest BCUT2D eigenvalue weighted by Crippen LogP contribution is -2.10. The smallest absolute Gasteiger partial charge is 0.188 e. The molecule has 0 spiro atoms. The van der Waals surface area contributed by atoms with Gasteiger partial charge in [0.2, 0.25) is 0 Å². The van der Waals surface area contributed by atoms with E-state index >= 15 is 0 Å². The molecule has 2 N–H and O–H groups in total. The molecule has 0 bridgehead atoms. The van der Waals surface area contributed by atoms with Crippen molar-refractivity contribution in [1.82, 2.24) is 9.97 Å². The van der Waals surface area contributed by atoms with Crippen molar-refractivity contribution in [3.05, 3.63) is 52.8 Å². The summed E-state index contributed by atoms with van der Waals surface area (Å²) in [5, 5.41) is 1.53. The lowest BCUT2D eigenvalue weighted by Gasteiger charge is -2.15. The highest BCUT2D eigenvalue weighted by Gasteiger charge is 2.15. The summed E-state index contributed by atoms with van der Waals surface area (Å²) in [4.78, 5) is 8.61. The van der Waals surface area contributed by atoms with Gasteiger partial charge in [0.1, 0.15) is 0 Å². The average Bonchev–Trinajstić information content (AvgIpc) is 2.37. The van der Waals surface area contributed by atoms with Gasteiger partial charge in [-0.2, -0.15) is 0 Å². The van der Waals surface area contributed by atoms with E-state index in [9.17, 15) is 0 Å². The molecule has 1 unspecified atom stereocenters. The highest BCUT2D eigenvalue weighted by Crippen LogP contribution is 2.35. The Kier molecular flexibility index (Phi) is 4.58. The topological polar surface area (TPSA) is 51.8 Å². The van der Waals surface area contributed by atoms with E-state index in [2.05, 4.69) is 9.97 Å². The summed E-state index contributed by atoms with van der Waals surface area (Å²) in [5.41, 5.74) is 7.80. The minimum absolute atomic E-state index is 0.0699.